The standard InChI is InChI=1S/C23H25N5O2/c1-16-24-13-17-7-10-23(21(17)26-16)9-4-11-27(14-23)20(29)8-12-28-15-25-19-6-3-2-5-18(19)22(28)30/h2-3,5-6,13,15H,4,7-12,14H2,1H3. The first-order chi connectivity index (χ1) is 14.6. The minimum Gasteiger partial charge on any atom is -0.342 e. The summed E-state index contributed by atoms with van der Waals surface area (Å²) in [5.41, 5.74) is 2.91. The van der Waals surface area contributed by atoms with Gasteiger partial charge in [-0.2, -0.15) is 0 Å². The van der Waals surface area contributed by atoms with E-state index in [2.05, 4.69) is 9.97 Å². The van der Waals surface area contributed by atoms with E-state index in [4.69, 9.17) is 4.98 Å². The van der Waals surface area contributed by atoms with Crippen LogP contribution in [0.2, 0.25) is 0 Å². The predicted molar refractivity (Wildman–Crippen MR) is 113 cm³/mol. The van der Waals surface area contributed by atoms with Crippen LogP contribution in [0.15, 0.2) is 41.6 Å². The molecule has 2 aromatic heterocycles. The normalized spacial score (nSPS) is 20.6. The number of carbonyl (C=O) groups excluding carboxylic acids is 1. The van der Waals surface area contributed by atoms with Gasteiger partial charge in [0.05, 0.1) is 22.9 Å². The minimum absolute atomic E-state index is 0.0434. The quantitative estimate of drug-likeness (QED) is 0.671. The molecular weight excluding hydrogens is 378 g/mol. The molecule has 1 unspecified atom stereocenters. The van der Waals surface area contributed by atoms with E-state index in [9.17, 15) is 9.59 Å². The Bertz CT molecular complexity index is 1180. The van der Waals surface area contributed by atoms with Crippen molar-refractivity contribution in [3.8, 4) is 0 Å². The van der Waals surface area contributed by atoms with Crippen LogP contribution >= 0.6 is 0 Å². The molecule has 1 aliphatic carbocycles. The summed E-state index contributed by atoms with van der Waals surface area (Å²) in [6.45, 7) is 3.75. The number of nitrogens with zero attached hydrogens (tertiary/aromatic N) is 5. The molecule has 0 radical (unpaired) electrons. The summed E-state index contributed by atoms with van der Waals surface area (Å²) in [4.78, 5) is 41.1. The van der Waals surface area contributed by atoms with Crippen molar-refractivity contribution in [2.75, 3.05) is 13.1 Å². The number of hydrogen-bond acceptors (Lipinski definition) is 5. The molecule has 1 fully saturated rings. The highest BCUT2D eigenvalue weighted by atomic mass is 16.2. The summed E-state index contributed by atoms with van der Waals surface area (Å²) in [5, 5.41) is 0.585. The number of piperidine rings is 1. The second-order valence-corrected chi connectivity index (χ2v) is 8.50. The molecule has 2 aliphatic rings. The zero-order chi connectivity index (χ0) is 20.7. The Hall–Kier alpha value is -3.09. The second kappa shape index (κ2) is 7.31. The third-order valence-electron chi connectivity index (χ3n) is 6.59. The summed E-state index contributed by atoms with van der Waals surface area (Å²) in [7, 11) is 0. The van der Waals surface area contributed by atoms with Crippen molar-refractivity contribution >= 4 is 16.8 Å². The fourth-order valence-corrected chi connectivity index (χ4v) is 5.01. The molecular formula is C23H25N5O2. The highest BCUT2D eigenvalue weighted by Gasteiger charge is 2.44. The second-order valence-electron chi connectivity index (χ2n) is 8.50. The molecule has 154 valence electrons. The Kier molecular flexibility index (Phi) is 4.60. The van der Waals surface area contributed by atoms with Crippen molar-refractivity contribution in [3.05, 3.63) is 64.2 Å². The average Bonchev–Trinajstić information content (AvgIpc) is 3.10. The average molecular weight is 403 g/mol. The van der Waals surface area contributed by atoms with Crippen LogP contribution in [0.25, 0.3) is 10.9 Å². The smallest absolute Gasteiger partial charge is 0.261 e. The Labute approximate surface area is 174 Å². The molecule has 1 amide bonds. The monoisotopic (exact) mass is 403 g/mol. The SMILES string of the molecule is Cc1ncc2c(n1)C1(CCCN(C(=O)CCn3cnc4ccccc4c3=O)C1)CC2. The van der Waals surface area contributed by atoms with Crippen LogP contribution in [0.3, 0.4) is 0 Å². The van der Waals surface area contributed by atoms with Gasteiger partial charge in [0.15, 0.2) is 0 Å². The zero-order valence-electron chi connectivity index (χ0n) is 17.2. The van der Waals surface area contributed by atoms with E-state index in [-0.39, 0.29) is 16.9 Å². The number of amides is 1. The minimum atomic E-state index is -0.0968. The van der Waals surface area contributed by atoms with Gasteiger partial charge >= 0.3 is 0 Å². The Morgan fingerprint density at radius 1 is 1.20 bits per heavy atom. The molecule has 3 aromatic rings. The molecule has 30 heavy (non-hydrogen) atoms. The van der Waals surface area contributed by atoms with Crippen molar-refractivity contribution in [2.45, 2.75) is 51.0 Å². The van der Waals surface area contributed by atoms with Crippen LogP contribution in [0.5, 0.6) is 0 Å². The van der Waals surface area contributed by atoms with Gasteiger partial charge < -0.3 is 4.90 Å². The van der Waals surface area contributed by atoms with E-state index in [0.29, 0.717) is 30.4 Å². The van der Waals surface area contributed by atoms with E-state index < -0.39 is 0 Å². The summed E-state index contributed by atoms with van der Waals surface area (Å²) in [5.74, 6) is 0.884. The molecule has 0 N–H and O–H groups in total. The Morgan fingerprint density at radius 3 is 2.97 bits per heavy atom. The van der Waals surface area contributed by atoms with Gasteiger partial charge in [0.25, 0.3) is 5.56 Å². The van der Waals surface area contributed by atoms with Gasteiger partial charge in [0.2, 0.25) is 5.91 Å². The first kappa shape index (κ1) is 18.9. The lowest BCUT2D eigenvalue weighted by Crippen LogP contribution is -2.48. The molecule has 0 bridgehead atoms. The van der Waals surface area contributed by atoms with Crippen molar-refractivity contribution in [3.63, 3.8) is 0 Å². The highest BCUT2D eigenvalue weighted by Crippen LogP contribution is 2.43. The van der Waals surface area contributed by atoms with Gasteiger partial charge in [-0.1, -0.05) is 12.1 Å². The number of rotatable bonds is 3. The van der Waals surface area contributed by atoms with E-state index in [1.54, 1.807) is 17.0 Å². The van der Waals surface area contributed by atoms with Gasteiger partial charge in [0, 0.05) is 37.7 Å². The first-order valence-corrected chi connectivity index (χ1v) is 10.6. The van der Waals surface area contributed by atoms with Crippen molar-refractivity contribution in [2.24, 2.45) is 0 Å². The first-order valence-electron chi connectivity index (χ1n) is 10.6. The summed E-state index contributed by atoms with van der Waals surface area (Å²) in [6, 6.07) is 7.30. The van der Waals surface area contributed by atoms with Crippen LogP contribution < -0.4 is 5.56 Å². The Balaban J connectivity index is 1.31. The number of aryl methyl sites for hydroxylation is 3. The lowest BCUT2D eigenvalue weighted by molar-refractivity contribution is -0.133. The van der Waals surface area contributed by atoms with Crippen molar-refractivity contribution in [1.29, 1.82) is 0 Å². The van der Waals surface area contributed by atoms with E-state index >= 15 is 0 Å². The van der Waals surface area contributed by atoms with Gasteiger partial charge in [0.1, 0.15) is 5.82 Å². The maximum absolute atomic E-state index is 13.0. The summed E-state index contributed by atoms with van der Waals surface area (Å²) < 4.78 is 1.54. The molecule has 1 aliphatic heterocycles. The van der Waals surface area contributed by atoms with Crippen molar-refractivity contribution in [1.82, 2.24) is 24.4 Å². The zero-order valence-corrected chi connectivity index (χ0v) is 17.2. The number of hydrogen-bond donors (Lipinski definition) is 0. The molecule has 1 saturated heterocycles. The molecule has 1 spiro atoms. The van der Waals surface area contributed by atoms with Crippen LogP contribution in [0.4, 0.5) is 0 Å². The fourth-order valence-electron chi connectivity index (χ4n) is 5.01. The summed E-state index contributed by atoms with van der Waals surface area (Å²) in [6.07, 6.45) is 7.84. The van der Waals surface area contributed by atoms with E-state index in [0.717, 1.165) is 43.7 Å². The summed E-state index contributed by atoms with van der Waals surface area (Å²) >= 11 is 0. The number of aromatic nitrogens is 4. The Morgan fingerprint density at radius 2 is 2.07 bits per heavy atom. The lowest BCUT2D eigenvalue weighted by Gasteiger charge is -2.40. The molecule has 1 aromatic carbocycles. The third kappa shape index (κ3) is 3.18. The largest absolute Gasteiger partial charge is 0.342 e. The van der Waals surface area contributed by atoms with Crippen LogP contribution in [0.1, 0.15) is 42.8 Å². The van der Waals surface area contributed by atoms with Gasteiger partial charge in [-0.25, -0.2) is 15.0 Å². The third-order valence-corrected chi connectivity index (χ3v) is 6.59. The number of benzene rings is 1. The van der Waals surface area contributed by atoms with E-state index in [1.165, 1.54) is 5.56 Å². The predicted octanol–water partition coefficient (Wildman–Crippen LogP) is 2.39. The van der Waals surface area contributed by atoms with Crippen molar-refractivity contribution < 1.29 is 4.79 Å². The molecule has 5 rings (SSSR count). The van der Waals surface area contributed by atoms with Crippen LogP contribution in [-0.4, -0.2) is 43.4 Å². The maximum atomic E-state index is 13.0. The van der Waals surface area contributed by atoms with Gasteiger partial charge in [-0.15, -0.1) is 0 Å². The molecule has 3 heterocycles. The molecule has 0 saturated carbocycles. The molecule has 7 heteroatoms. The van der Waals surface area contributed by atoms with Gasteiger partial charge in [-0.05, 0) is 50.3 Å². The van der Waals surface area contributed by atoms with Crippen LogP contribution in [-0.2, 0) is 23.2 Å². The van der Waals surface area contributed by atoms with Crippen LogP contribution in [0, 0.1) is 6.92 Å². The highest BCUT2D eigenvalue weighted by molar-refractivity contribution is 5.78. The number of para-hydroxylation sites is 1. The lowest BCUT2D eigenvalue weighted by atomic mass is 9.77. The maximum Gasteiger partial charge on any atom is 0.261 e. The van der Waals surface area contributed by atoms with Gasteiger partial charge in [-0.3, -0.25) is 14.2 Å². The fraction of sp³-hybridized carbons (Fsp3) is 0.435. The van der Waals surface area contributed by atoms with E-state index in [1.807, 2.05) is 36.2 Å². The number of fused-ring (bicyclic) bond motifs is 3. The molecule has 7 nitrogen and oxygen atoms in total. The number of likely N-dealkylation sites (tertiary alicyclic amines) is 1. The molecule has 1 atom stereocenters. The number of carbonyl (C=O) groups is 1. The topological polar surface area (TPSA) is 81.0 Å².